The highest BCUT2D eigenvalue weighted by Gasteiger charge is 2.27. The fraction of sp³-hybridized carbons (Fsp3) is 0.906. The summed E-state index contributed by atoms with van der Waals surface area (Å²) in [6.45, 7) is 6.87. The van der Waals surface area contributed by atoms with E-state index in [0.29, 0.717) is 17.4 Å². The zero-order valence-electron chi connectivity index (χ0n) is 50.1. The molecule has 3 unspecified atom stereocenters. The number of ether oxygens (including phenoxy) is 1. The van der Waals surface area contributed by atoms with Crippen LogP contribution in [0.15, 0.2) is 24.3 Å². The number of nitrogens with one attached hydrogen (secondary N) is 1. The lowest BCUT2D eigenvalue weighted by Gasteiger charge is -2.30. The van der Waals surface area contributed by atoms with Crippen molar-refractivity contribution in [2.24, 2.45) is 0 Å². The molecule has 0 rings (SSSR count). The van der Waals surface area contributed by atoms with Gasteiger partial charge in [0.05, 0.1) is 33.8 Å². The second kappa shape index (κ2) is 54.8. The third-order valence-corrected chi connectivity index (χ3v) is 15.6. The lowest BCUT2D eigenvalue weighted by atomic mass is 10.0. The van der Waals surface area contributed by atoms with Crippen molar-refractivity contribution in [1.82, 2.24) is 5.32 Å². The summed E-state index contributed by atoms with van der Waals surface area (Å²) in [5.74, 6) is -0.529. The molecule has 0 aromatic carbocycles. The van der Waals surface area contributed by atoms with E-state index < -0.39 is 20.0 Å². The van der Waals surface area contributed by atoms with E-state index in [1.165, 1.54) is 218 Å². The third-order valence-electron chi connectivity index (χ3n) is 14.6. The zero-order chi connectivity index (χ0) is 54.3. The van der Waals surface area contributed by atoms with Gasteiger partial charge in [-0.2, -0.15) is 0 Å². The first kappa shape index (κ1) is 72.5. The molecule has 0 saturated heterocycles. The molecule has 3 atom stereocenters. The smallest absolute Gasteiger partial charge is 0.306 e. The van der Waals surface area contributed by atoms with Gasteiger partial charge >= 0.3 is 5.97 Å². The Balaban J connectivity index is 5.15. The molecule has 0 saturated carbocycles. The molecule has 0 fully saturated rings. The average molecular weight is 1070 g/mol. The summed E-state index contributed by atoms with van der Waals surface area (Å²) in [6, 6.07) is -0.884. The number of nitrogens with zero attached hydrogens (tertiary/aromatic N) is 1. The van der Waals surface area contributed by atoms with Crippen LogP contribution in [0.1, 0.15) is 323 Å². The van der Waals surface area contributed by atoms with Crippen LogP contribution < -0.4 is 10.2 Å². The number of carbonyl (C=O) groups excluding carboxylic acids is 2. The van der Waals surface area contributed by atoms with Crippen LogP contribution in [0.5, 0.6) is 0 Å². The molecule has 0 spiro atoms. The molecule has 0 radical (unpaired) electrons. The molecule has 1 N–H and O–H groups in total. The predicted octanol–water partition coefficient (Wildman–Crippen LogP) is 19.1. The molecule has 0 aliphatic carbocycles. The number of hydrogen-bond donors (Lipinski definition) is 1. The predicted molar refractivity (Wildman–Crippen MR) is 317 cm³/mol. The molecule has 74 heavy (non-hydrogen) atoms. The van der Waals surface area contributed by atoms with Crippen molar-refractivity contribution in [3.8, 4) is 0 Å². The molecule has 0 heterocycles. The summed E-state index contributed by atoms with van der Waals surface area (Å²) in [6.07, 6.45) is 64.3. The largest absolute Gasteiger partial charge is 0.756 e. The van der Waals surface area contributed by atoms with E-state index in [4.69, 9.17) is 13.8 Å². The van der Waals surface area contributed by atoms with E-state index >= 15 is 0 Å². The van der Waals surface area contributed by atoms with Gasteiger partial charge in [-0.15, -0.1) is 0 Å². The highest BCUT2D eigenvalue weighted by atomic mass is 31.2. The number of esters is 1. The van der Waals surface area contributed by atoms with Crippen molar-refractivity contribution in [2.45, 2.75) is 335 Å². The number of rotatable bonds is 59. The van der Waals surface area contributed by atoms with Gasteiger partial charge in [-0.1, -0.05) is 277 Å². The maximum Gasteiger partial charge on any atom is 0.306 e. The number of carbonyl (C=O) groups is 2. The molecular formula is C64H125N2O7P. The Bertz CT molecular complexity index is 1320. The summed E-state index contributed by atoms with van der Waals surface area (Å²) < 4.78 is 30.3. The van der Waals surface area contributed by atoms with Crippen molar-refractivity contribution >= 4 is 19.7 Å². The van der Waals surface area contributed by atoms with Gasteiger partial charge in [0.25, 0.3) is 7.82 Å². The Morgan fingerprint density at radius 3 is 1.16 bits per heavy atom. The number of likely N-dealkylation sites (N-methyl/N-ethyl adjacent to an activating group) is 1. The summed E-state index contributed by atoms with van der Waals surface area (Å²) in [5, 5.41) is 3.04. The van der Waals surface area contributed by atoms with E-state index in [1.54, 1.807) is 0 Å². The van der Waals surface area contributed by atoms with E-state index in [0.717, 1.165) is 70.6 Å². The number of unbranched alkanes of at least 4 members (excludes halogenated alkanes) is 41. The number of allylic oxidation sites excluding steroid dienone is 3. The molecule has 0 aliphatic heterocycles. The highest BCUT2D eigenvalue weighted by molar-refractivity contribution is 7.45. The van der Waals surface area contributed by atoms with Crippen LogP contribution in [-0.2, 0) is 27.9 Å². The van der Waals surface area contributed by atoms with E-state index in [-0.39, 0.29) is 31.5 Å². The highest BCUT2D eigenvalue weighted by Crippen LogP contribution is 2.38. The summed E-state index contributed by atoms with van der Waals surface area (Å²) >= 11 is 0. The van der Waals surface area contributed by atoms with Crippen molar-refractivity contribution in [3.05, 3.63) is 24.3 Å². The van der Waals surface area contributed by atoms with E-state index in [1.807, 2.05) is 33.3 Å². The van der Waals surface area contributed by atoms with Crippen LogP contribution in [0, 0.1) is 0 Å². The Hall–Kier alpha value is -1.51. The van der Waals surface area contributed by atoms with Crippen LogP contribution in [0.25, 0.3) is 0 Å². The molecule has 0 aliphatic rings. The molecule has 0 aromatic rings. The fourth-order valence-electron chi connectivity index (χ4n) is 9.64. The van der Waals surface area contributed by atoms with Gasteiger partial charge in [0.2, 0.25) is 5.91 Å². The third kappa shape index (κ3) is 55.3. The molecular weight excluding hydrogens is 940 g/mol. The number of phosphoric ester groups is 1. The Morgan fingerprint density at radius 2 is 0.784 bits per heavy atom. The quantitative estimate of drug-likeness (QED) is 0.0212. The molecule has 438 valence electrons. The average Bonchev–Trinajstić information content (AvgIpc) is 3.36. The second-order valence-electron chi connectivity index (χ2n) is 23.3. The number of hydrogen-bond acceptors (Lipinski definition) is 7. The maximum absolute atomic E-state index is 13.5. The molecule has 0 aromatic heterocycles. The van der Waals surface area contributed by atoms with Crippen molar-refractivity contribution < 1.29 is 37.3 Å². The normalized spacial score (nSPS) is 13.8. The van der Waals surface area contributed by atoms with Gasteiger partial charge in [0, 0.05) is 12.8 Å². The molecule has 0 bridgehead atoms. The lowest BCUT2D eigenvalue weighted by Crippen LogP contribution is -2.47. The Labute approximate surface area is 460 Å². The second-order valence-corrected chi connectivity index (χ2v) is 24.7. The number of amides is 1. The van der Waals surface area contributed by atoms with Gasteiger partial charge in [-0.25, -0.2) is 0 Å². The summed E-state index contributed by atoms with van der Waals surface area (Å²) in [5.41, 5.74) is 0. The van der Waals surface area contributed by atoms with Gasteiger partial charge in [0.15, 0.2) is 0 Å². The first-order chi connectivity index (χ1) is 35.9. The number of quaternary nitrogens is 1. The minimum atomic E-state index is -4.69. The molecule has 1 amide bonds. The molecule has 9 nitrogen and oxygen atoms in total. The SMILES string of the molecule is CCCCCC/C=C\CCCCCCCCCC(=O)OC(/C=C/CCCCCCCCCCCC)C(COP(=O)([O-])OCC[N+](C)(C)C)NC(=O)CCCCCCCCCCCCCCCCCCCCCCC. The lowest BCUT2D eigenvalue weighted by molar-refractivity contribution is -0.870. The van der Waals surface area contributed by atoms with Crippen LogP contribution in [0.2, 0.25) is 0 Å². The minimum Gasteiger partial charge on any atom is -0.756 e. The maximum atomic E-state index is 13.5. The first-order valence-electron chi connectivity index (χ1n) is 32.1. The van der Waals surface area contributed by atoms with Crippen LogP contribution >= 0.6 is 7.82 Å². The van der Waals surface area contributed by atoms with Gasteiger partial charge in [-0.3, -0.25) is 14.2 Å². The van der Waals surface area contributed by atoms with Crippen molar-refractivity contribution in [3.63, 3.8) is 0 Å². The van der Waals surface area contributed by atoms with Crippen molar-refractivity contribution in [2.75, 3.05) is 40.9 Å². The van der Waals surface area contributed by atoms with Gasteiger partial charge in [0.1, 0.15) is 19.3 Å². The minimum absolute atomic E-state index is 0.0193. The van der Waals surface area contributed by atoms with Crippen molar-refractivity contribution in [1.29, 1.82) is 0 Å². The monoisotopic (exact) mass is 1060 g/mol. The Morgan fingerprint density at radius 1 is 0.459 bits per heavy atom. The molecule has 10 heteroatoms. The van der Waals surface area contributed by atoms with E-state index in [9.17, 15) is 19.0 Å². The number of phosphoric acid groups is 1. The fourth-order valence-corrected chi connectivity index (χ4v) is 10.4. The summed E-state index contributed by atoms with van der Waals surface area (Å²) in [4.78, 5) is 40.0. The topological polar surface area (TPSA) is 114 Å². The van der Waals surface area contributed by atoms with Gasteiger partial charge < -0.3 is 28.5 Å². The van der Waals surface area contributed by atoms with E-state index in [2.05, 4.69) is 38.2 Å². The van der Waals surface area contributed by atoms with Crippen LogP contribution in [0.3, 0.4) is 0 Å². The summed E-state index contributed by atoms with van der Waals surface area (Å²) in [7, 11) is 1.20. The standard InChI is InChI=1S/C64H125N2O7P/c1-7-10-13-16-19-22-25-28-30-31-32-33-34-35-37-38-41-44-47-50-53-56-63(67)65-61(60-72-74(69,70)71-59-58-66(4,5)6)62(55-52-49-46-43-40-27-24-21-18-15-12-9-3)73-64(68)57-54-51-48-45-42-39-36-29-26-23-20-17-14-11-8-2/h23,26,52,55,61-62H,7-22,24-25,27-51,53-54,56-60H2,1-6H3,(H-,65,67,69,70)/b26-23-,55-52+. The van der Waals surface area contributed by atoms with Crippen LogP contribution in [-0.4, -0.2) is 69.4 Å². The Kier molecular flexibility index (Phi) is 53.7. The van der Waals surface area contributed by atoms with Crippen LogP contribution in [0.4, 0.5) is 0 Å². The zero-order valence-corrected chi connectivity index (χ0v) is 51.0. The van der Waals surface area contributed by atoms with Gasteiger partial charge in [-0.05, 0) is 57.4 Å². The first-order valence-corrected chi connectivity index (χ1v) is 33.6.